The van der Waals surface area contributed by atoms with Crippen LogP contribution in [-0.2, 0) is 16.1 Å². The third-order valence-corrected chi connectivity index (χ3v) is 4.58. The highest BCUT2D eigenvalue weighted by molar-refractivity contribution is 9.10. The summed E-state index contributed by atoms with van der Waals surface area (Å²) in [6.45, 7) is 8.73. The molecule has 0 saturated carbocycles. The van der Waals surface area contributed by atoms with E-state index < -0.39 is 5.91 Å². The molecule has 154 valence electrons. The number of morpholine rings is 1. The van der Waals surface area contributed by atoms with Gasteiger partial charge in [0.15, 0.2) is 18.1 Å². The number of nitrogens with one attached hydrogen (secondary N) is 1. The van der Waals surface area contributed by atoms with E-state index in [0.717, 1.165) is 62.4 Å². The number of rotatable bonds is 11. The first-order valence-corrected chi connectivity index (χ1v) is 9.76. The second kappa shape index (κ2) is 13.2. The summed E-state index contributed by atoms with van der Waals surface area (Å²) < 4.78 is 17.2. The van der Waals surface area contributed by atoms with Gasteiger partial charge in [0.05, 0.1) is 24.3 Å². The van der Waals surface area contributed by atoms with Crippen LogP contribution in [0, 0.1) is 0 Å². The molecule has 3 N–H and O–H groups in total. The van der Waals surface area contributed by atoms with Gasteiger partial charge < -0.3 is 25.3 Å². The molecule has 0 aromatic heterocycles. The molecule has 0 unspecified atom stereocenters. The monoisotopic (exact) mass is 465 g/mol. The summed E-state index contributed by atoms with van der Waals surface area (Å²) in [5.74, 6) is 0.584. The molecule has 0 spiro atoms. The quantitative estimate of drug-likeness (QED) is 0.485. The molecule has 27 heavy (non-hydrogen) atoms. The van der Waals surface area contributed by atoms with Crippen molar-refractivity contribution in [2.24, 2.45) is 5.73 Å². The van der Waals surface area contributed by atoms with Crippen molar-refractivity contribution >= 4 is 34.2 Å². The predicted molar refractivity (Wildman–Crippen MR) is 111 cm³/mol. The number of ether oxygens (including phenoxy) is 3. The van der Waals surface area contributed by atoms with Crippen molar-refractivity contribution in [3.8, 4) is 11.5 Å². The molecule has 1 amide bonds. The Hall–Kier alpha value is -1.06. The zero-order valence-corrected chi connectivity index (χ0v) is 18.1. The summed E-state index contributed by atoms with van der Waals surface area (Å²) in [5.41, 5.74) is 6.23. The summed E-state index contributed by atoms with van der Waals surface area (Å²) in [7, 11) is 0. The highest BCUT2D eigenvalue weighted by Gasteiger charge is 2.13. The largest absolute Gasteiger partial charge is 0.490 e. The Morgan fingerprint density at radius 1 is 1.33 bits per heavy atom. The van der Waals surface area contributed by atoms with Gasteiger partial charge in [0, 0.05) is 19.6 Å². The van der Waals surface area contributed by atoms with E-state index in [2.05, 4.69) is 26.1 Å². The highest BCUT2D eigenvalue weighted by Crippen LogP contribution is 2.36. The standard InChI is InChI=1S/C18H28BrN3O4.ClH/c1-2-25-16-11-14(10-15(19)18(16)26-13-17(20)23)12-21-4-3-5-22-6-8-24-9-7-22;/h10-11,21H,2-9,12-13H2,1H3,(H2,20,23);1H. The van der Waals surface area contributed by atoms with Crippen LogP contribution >= 0.6 is 28.3 Å². The first kappa shape index (κ1) is 24.0. The van der Waals surface area contributed by atoms with Crippen LogP contribution < -0.4 is 20.5 Å². The molecule has 0 atom stereocenters. The molecular weight excluding hydrogens is 438 g/mol. The molecule has 7 nitrogen and oxygen atoms in total. The van der Waals surface area contributed by atoms with Crippen molar-refractivity contribution in [2.45, 2.75) is 19.9 Å². The summed E-state index contributed by atoms with van der Waals surface area (Å²) in [5, 5.41) is 3.46. The molecule has 1 aliphatic rings. The van der Waals surface area contributed by atoms with Gasteiger partial charge in [-0.05, 0) is 60.1 Å². The third-order valence-electron chi connectivity index (χ3n) is 3.99. The number of hydrogen-bond acceptors (Lipinski definition) is 6. The van der Waals surface area contributed by atoms with Crippen molar-refractivity contribution in [1.82, 2.24) is 10.2 Å². The van der Waals surface area contributed by atoms with Gasteiger partial charge >= 0.3 is 0 Å². The number of amides is 1. The van der Waals surface area contributed by atoms with E-state index in [9.17, 15) is 4.79 Å². The van der Waals surface area contributed by atoms with Crippen molar-refractivity contribution in [3.05, 3.63) is 22.2 Å². The fraction of sp³-hybridized carbons (Fsp3) is 0.611. The van der Waals surface area contributed by atoms with Crippen molar-refractivity contribution in [3.63, 3.8) is 0 Å². The zero-order valence-electron chi connectivity index (χ0n) is 15.7. The molecule has 1 aromatic carbocycles. The molecule has 1 saturated heterocycles. The minimum atomic E-state index is -0.523. The molecule has 2 rings (SSSR count). The topological polar surface area (TPSA) is 86.1 Å². The molecule has 0 radical (unpaired) electrons. The van der Waals surface area contributed by atoms with Gasteiger partial charge in [-0.2, -0.15) is 0 Å². The van der Waals surface area contributed by atoms with Crippen LogP contribution in [0.25, 0.3) is 0 Å². The fourth-order valence-corrected chi connectivity index (χ4v) is 3.36. The number of carbonyl (C=O) groups excluding carboxylic acids is 1. The molecule has 1 aromatic rings. The first-order chi connectivity index (χ1) is 12.6. The Morgan fingerprint density at radius 2 is 2.07 bits per heavy atom. The van der Waals surface area contributed by atoms with Crippen LogP contribution in [0.5, 0.6) is 11.5 Å². The summed E-state index contributed by atoms with van der Waals surface area (Å²) in [4.78, 5) is 13.4. The van der Waals surface area contributed by atoms with E-state index >= 15 is 0 Å². The number of halogens is 2. The van der Waals surface area contributed by atoms with Crippen LogP contribution in [0.2, 0.25) is 0 Å². The smallest absolute Gasteiger partial charge is 0.255 e. The predicted octanol–water partition coefficient (Wildman–Crippen LogP) is 1.95. The maximum absolute atomic E-state index is 11.0. The maximum atomic E-state index is 11.0. The second-order valence-electron chi connectivity index (χ2n) is 6.08. The molecule has 1 aliphatic heterocycles. The lowest BCUT2D eigenvalue weighted by molar-refractivity contribution is -0.119. The highest BCUT2D eigenvalue weighted by atomic mass is 79.9. The van der Waals surface area contributed by atoms with Crippen molar-refractivity contribution in [1.29, 1.82) is 0 Å². The van der Waals surface area contributed by atoms with Crippen molar-refractivity contribution in [2.75, 3.05) is 52.6 Å². The van der Waals surface area contributed by atoms with E-state index in [-0.39, 0.29) is 19.0 Å². The molecule has 0 aliphatic carbocycles. The third kappa shape index (κ3) is 8.66. The van der Waals surface area contributed by atoms with Crippen LogP contribution in [0.4, 0.5) is 0 Å². The number of nitrogens with zero attached hydrogens (tertiary/aromatic N) is 1. The zero-order chi connectivity index (χ0) is 18.8. The summed E-state index contributed by atoms with van der Waals surface area (Å²) >= 11 is 3.49. The van der Waals surface area contributed by atoms with E-state index in [1.54, 1.807) is 0 Å². The van der Waals surface area contributed by atoms with Gasteiger partial charge in [0.2, 0.25) is 0 Å². The van der Waals surface area contributed by atoms with E-state index in [4.69, 9.17) is 19.9 Å². The van der Waals surface area contributed by atoms with Gasteiger partial charge in [0.1, 0.15) is 0 Å². The lowest BCUT2D eigenvalue weighted by Crippen LogP contribution is -2.37. The van der Waals surface area contributed by atoms with Crippen molar-refractivity contribution < 1.29 is 19.0 Å². The van der Waals surface area contributed by atoms with E-state index in [1.165, 1.54) is 0 Å². The number of nitrogens with two attached hydrogens (primary N) is 1. The molecular formula is C18H29BrClN3O4. The second-order valence-corrected chi connectivity index (χ2v) is 6.93. The number of hydrogen-bond donors (Lipinski definition) is 2. The minimum absolute atomic E-state index is 0. The lowest BCUT2D eigenvalue weighted by Gasteiger charge is -2.26. The Kier molecular flexibility index (Phi) is 11.7. The first-order valence-electron chi connectivity index (χ1n) is 8.97. The molecule has 0 bridgehead atoms. The average molecular weight is 467 g/mol. The fourth-order valence-electron chi connectivity index (χ4n) is 2.75. The average Bonchev–Trinajstić information content (AvgIpc) is 2.61. The summed E-state index contributed by atoms with van der Waals surface area (Å²) in [6, 6.07) is 3.90. The maximum Gasteiger partial charge on any atom is 0.255 e. The van der Waals surface area contributed by atoms with Gasteiger partial charge in [-0.15, -0.1) is 12.4 Å². The van der Waals surface area contributed by atoms with Gasteiger partial charge in [-0.3, -0.25) is 9.69 Å². The van der Waals surface area contributed by atoms with Crippen LogP contribution in [0.3, 0.4) is 0 Å². The van der Waals surface area contributed by atoms with Crippen LogP contribution in [0.15, 0.2) is 16.6 Å². The van der Waals surface area contributed by atoms with Gasteiger partial charge in [0.25, 0.3) is 5.91 Å². The Bertz CT molecular complexity index is 586. The van der Waals surface area contributed by atoms with E-state index in [1.807, 2.05) is 19.1 Å². The SMILES string of the molecule is CCOc1cc(CNCCCN2CCOCC2)cc(Br)c1OCC(N)=O.Cl. The number of primary amides is 1. The molecule has 1 fully saturated rings. The number of carbonyl (C=O) groups is 1. The Labute approximate surface area is 175 Å². The normalized spacial score (nSPS) is 14.4. The Balaban J connectivity index is 0.00000364. The van der Waals surface area contributed by atoms with Gasteiger partial charge in [-0.1, -0.05) is 0 Å². The molecule has 1 heterocycles. The summed E-state index contributed by atoms with van der Waals surface area (Å²) in [6.07, 6.45) is 1.10. The van der Waals surface area contributed by atoms with Crippen LogP contribution in [-0.4, -0.2) is 63.4 Å². The van der Waals surface area contributed by atoms with Crippen LogP contribution in [0.1, 0.15) is 18.9 Å². The van der Waals surface area contributed by atoms with Gasteiger partial charge in [-0.25, -0.2) is 0 Å². The minimum Gasteiger partial charge on any atom is -0.490 e. The number of benzene rings is 1. The molecule has 9 heteroatoms. The van der Waals surface area contributed by atoms with E-state index in [0.29, 0.717) is 18.1 Å². The Morgan fingerprint density at radius 3 is 2.74 bits per heavy atom. The lowest BCUT2D eigenvalue weighted by atomic mass is 10.2.